The van der Waals surface area contributed by atoms with E-state index in [1.807, 2.05) is 0 Å². The lowest BCUT2D eigenvalue weighted by molar-refractivity contribution is 0.322. The van der Waals surface area contributed by atoms with E-state index in [9.17, 15) is 0 Å². The number of hydrogen-bond acceptors (Lipinski definition) is 2. The highest BCUT2D eigenvalue weighted by atomic mass is 15.0. The molecule has 0 saturated heterocycles. The molecular weight excluding hydrogens is 414 g/mol. The van der Waals surface area contributed by atoms with Crippen molar-refractivity contribution in [2.45, 2.75) is 96.2 Å². The summed E-state index contributed by atoms with van der Waals surface area (Å²) < 4.78 is 2.58. The topological polar surface area (TPSA) is 43.0 Å². The minimum Gasteiger partial charge on any atom is -0.347 e. The van der Waals surface area contributed by atoms with E-state index in [4.69, 9.17) is 5.73 Å². The fourth-order valence-corrected chi connectivity index (χ4v) is 6.28. The molecule has 2 aromatic carbocycles. The molecule has 1 aromatic heterocycles. The fourth-order valence-electron chi connectivity index (χ4n) is 6.28. The number of rotatable bonds is 8. The SMILES string of the molecule is Cc1cccc(-c2ccc3c(c2)c(CCCNC2CCC(N)CC2)cn3CC2CCCCC2)c1. The van der Waals surface area contributed by atoms with Gasteiger partial charge < -0.3 is 15.6 Å². The third-order valence-corrected chi connectivity index (χ3v) is 8.32. The van der Waals surface area contributed by atoms with Gasteiger partial charge in [-0.05, 0) is 99.6 Å². The normalized spacial score (nSPS) is 21.8. The van der Waals surface area contributed by atoms with Crippen LogP contribution in [0.4, 0.5) is 0 Å². The Morgan fingerprint density at radius 2 is 1.71 bits per heavy atom. The van der Waals surface area contributed by atoms with E-state index in [2.05, 4.69) is 65.5 Å². The molecule has 3 aromatic rings. The molecule has 3 N–H and O–H groups in total. The molecule has 5 rings (SSSR count). The molecule has 0 atom stereocenters. The van der Waals surface area contributed by atoms with Crippen LogP contribution in [0.15, 0.2) is 48.7 Å². The maximum atomic E-state index is 6.08. The maximum Gasteiger partial charge on any atom is 0.0483 e. The first-order valence-corrected chi connectivity index (χ1v) is 13.8. The molecule has 0 spiro atoms. The van der Waals surface area contributed by atoms with E-state index < -0.39 is 0 Å². The summed E-state index contributed by atoms with van der Waals surface area (Å²) in [6, 6.07) is 17.2. The molecule has 34 heavy (non-hydrogen) atoms. The van der Waals surface area contributed by atoms with Crippen molar-refractivity contribution in [1.82, 2.24) is 9.88 Å². The van der Waals surface area contributed by atoms with Crippen molar-refractivity contribution < 1.29 is 0 Å². The molecular formula is C31H43N3. The Balaban J connectivity index is 1.33. The monoisotopic (exact) mass is 457 g/mol. The second-order valence-corrected chi connectivity index (χ2v) is 11.1. The molecule has 0 unspecified atom stereocenters. The van der Waals surface area contributed by atoms with E-state index in [1.54, 1.807) is 0 Å². The average Bonchev–Trinajstić information content (AvgIpc) is 3.20. The van der Waals surface area contributed by atoms with Crippen LogP contribution in [0, 0.1) is 12.8 Å². The quantitative estimate of drug-likeness (QED) is 0.358. The van der Waals surface area contributed by atoms with Crippen molar-refractivity contribution in [3.63, 3.8) is 0 Å². The molecule has 0 amide bonds. The number of aryl methyl sites for hydroxylation is 2. The Kier molecular flexibility index (Phi) is 7.71. The molecule has 2 fully saturated rings. The second kappa shape index (κ2) is 11.1. The number of hydrogen-bond donors (Lipinski definition) is 2. The predicted octanol–water partition coefficient (Wildman–Crippen LogP) is 6.99. The molecule has 182 valence electrons. The molecule has 3 heteroatoms. The van der Waals surface area contributed by atoms with E-state index in [0.29, 0.717) is 12.1 Å². The smallest absolute Gasteiger partial charge is 0.0483 e. The maximum absolute atomic E-state index is 6.08. The van der Waals surface area contributed by atoms with Gasteiger partial charge in [-0.3, -0.25) is 0 Å². The van der Waals surface area contributed by atoms with Gasteiger partial charge in [0.25, 0.3) is 0 Å². The highest BCUT2D eigenvalue weighted by Gasteiger charge is 2.19. The van der Waals surface area contributed by atoms with E-state index in [0.717, 1.165) is 18.9 Å². The van der Waals surface area contributed by atoms with Gasteiger partial charge in [-0.15, -0.1) is 0 Å². The zero-order valence-corrected chi connectivity index (χ0v) is 21.1. The fraction of sp³-hybridized carbons (Fsp3) is 0.548. The number of benzene rings is 2. The van der Waals surface area contributed by atoms with Gasteiger partial charge in [-0.1, -0.05) is 55.2 Å². The van der Waals surface area contributed by atoms with Gasteiger partial charge in [0.1, 0.15) is 0 Å². The summed E-state index contributed by atoms with van der Waals surface area (Å²) in [7, 11) is 0. The molecule has 0 aliphatic heterocycles. The van der Waals surface area contributed by atoms with Gasteiger partial charge in [0, 0.05) is 35.7 Å². The van der Waals surface area contributed by atoms with Crippen molar-refractivity contribution in [1.29, 1.82) is 0 Å². The summed E-state index contributed by atoms with van der Waals surface area (Å²) in [4.78, 5) is 0. The van der Waals surface area contributed by atoms with Gasteiger partial charge in [0.15, 0.2) is 0 Å². The lowest BCUT2D eigenvalue weighted by atomic mass is 9.89. The average molecular weight is 458 g/mol. The van der Waals surface area contributed by atoms with Crippen molar-refractivity contribution in [2.24, 2.45) is 11.7 Å². The van der Waals surface area contributed by atoms with Gasteiger partial charge in [0.2, 0.25) is 0 Å². The Hall–Kier alpha value is -2.10. The summed E-state index contributed by atoms with van der Waals surface area (Å²) in [5.74, 6) is 0.841. The lowest BCUT2D eigenvalue weighted by Gasteiger charge is -2.26. The highest BCUT2D eigenvalue weighted by molar-refractivity contribution is 5.88. The third-order valence-electron chi connectivity index (χ3n) is 8.32. The molecule has 2 aliphatic carbocycles. The third kappa shape index (κ3) is 5.75. The Bertz CT molecular complexity index is 1070. The zero-order valence-electron chi connectivity index (χ0n) is 21.1. The standard InChI is InChI=1S/C31H43N3/c1-23-7-5-10-25(19-23)26-12-17-31-30(20-26)27(22-34(31)21-24-8-3-2-4-9-24)11-6-18-33-29-15-13-28(32)14-16-29/h5,7,10,12,17,19-20,22,24,28-29,33H,2-4,6,8-9,11,13-16,18,21,32H2,1H3. The van der Waals surface area contributed by atoms with Crippen LogP contribution in [-0.2, 0) is 13.0 Å². The summed E-state index contributed by atoms with van der Waals surface area (Å²) in [6.45, 7) is 4.47. The molecule has 0 bridgehead atoms. The Labute approximate surface area is 206 Å². The molecule has 2 saturated carbocycles. The summed E-state index contributed by atoms with van der Waals surface area (Å²) in [5, 5.41) is 5.27. The highest BCUT2D eigenvalue weighted by Crippen LogP contribution is 2.32. The van der Waals surface area contributed by atoms with Gasteiger partial charge in [-0.25, -0.2) is 0 Å². The lowest BCUT2D eigenvalue weighted by Crippen LogP contribution is -2.37. The van der Waals surface area contributed by atoms with Crippen LogP contribution in [0.1, 0.15) is 75.3 Å². The first-order valence-electron chi connectivity index (χ1n) is 13.8. The largest absolute Gasteiger partial charge is 0.347 e. The van der Waals surface area contributed by atoms with Crippen molar-refractivity contribution in [2.75, 3.05) is 6.54 Å². The number of fused-ring (bicyclic) bond motifs is 1. The van der Waals surface area contributed by atoms with Crippen LogP contribution < -0.4 is 11.1 Å². The minimum atomic E-state index is 0.427. The molecule has 0 radical (unpaired) electrons. The first-order chi connectivity index (χ1) is 16.7. The van der Waals surface area contributed by atoms with Gasteiger partial charge >= 0.3 is 0 Å². The van der Waals surface area contributed by atoms with Crippen molar-refractivity contribution >= 4 is 10.9 Å². The Morgan fingerprint density at radius 3 is 2.50 bits per heavy atom. The van der Waals surface area contributed by atoms with Crippen LogP contribution in [-0.4, -0.2) is 23.2 Å². The minimum absolute atomic E-state index is 0.427. The number of aromatic nitrogens is 1. The van der Waals surface area contributed by atoms with Gasteiger partial charge in [-0.2, -0.15) is 0 Å². The van der Waals surface area contributed by atoms with Crippen LogP contribution in [0.5, 0.6) is 0 Å². The zero-order chi connectivity index (χ0) is 23.3. The van der Waals surface area contributed by atoms with Crippen LogP contribution >= 0.6 is 0 Å². The van der Waals surface area contributed by atoms with Crippen molar-refractivity contribution in [3.8, 4) is 11.1 Å². The molecule has 3 nitrogen and oxygen atoms in total. The molecule has 1 heterocycles. The first kappa shape index (κ1) is 23.6. The summed E-state index contributed by atoms with van der Waals surface area (Å²) >= 11 is 0. The van der Waals surface area contributed by atoms with Crippen LogP contribution in [0.25, 0.3) is 22.0 Å². The Morgan fingerprint density at radius 1 is 0.912 bits per heavy atom. The molecule has 2 aliphatic rings. The summed E-state index contributed by atoms with van der Waals surface area (Å²) in [5.41, 5.74) is 13.0. The van der Waals surface area contributed by atoms with E-state index >= 15 is 0 Å². The van der Waals surface area contributed by atoms with E-state index in [-0.39, 0.29) is 0 Å². The number of nitrogens with one attached hydrogen (secondary N) is 1. The van der Waals surface area contributed by atoms with Crippen LogP contribution in [0.3, 0.4) is 0 Å². The van der Waals surface area contributed by atoms with Crippen molar-refractivity contribution in [3.05, 3.63) is 59.8 Å². The summed E-state index contributed by atoms with van der Waals surface area (Å²) in [6.07, 6.45) is 16.7. The van der Waals surface area contributed by atoms with Gasteiger partial charge in [0.05, 0.1) is 0 Å². The van der Waals surface area contributed by atoms with E-state index in [1.165, 1.54) is 104 Å². The van der Waals surface area contributed by atoms with Crippen LogP contribution in [0.2, 0.25) is 0 Å². The predicted molar refractivity (Wildman–Crippen MR) is 145 cm³/mol. The number of nitrogens with zero attached hydrogens (tertiary/aromatic N) is 1. The number of nitrogens with two attached hydrogens (primary N) is 1. The second-order valence-electron chi connectivity index (χ2n) is 11.1.